The van der Waals surface area contributed by atoms with Crippen LogP contribution in [0.15, 0.2) is 42.5 Å². The van der Waals surface area contributed by atoms with Crippen molar-refractivity contribution in [1.29, 1.82) is 0 Å². The Morgan fingerprint density at radius 1 is 1.06 bits per heavy atom. The van der Waals surface area contributed by atoms with Gasteiger partial charge in [-0.3, -0.25) is 4.79 Å². The zero-order chi connectivity index (χ0) is 13.1. The van der Waals surface area contributed by atoms with Crippen LogP contribution in [-0.2, 0) is 6.42 Å². The number of carbonyl (C=O) groups excluding carboxylic acids is 1. The van der Waals surface area contributed by atoms with Crippen molar-refractivity contribution < 1.29 is 13.6 Å². The van der Waals surface area contributed by atoms with Gasteiger partial charge >= 0.3 is 0 Å². The number of carbonyl (C=O) groups is 1. The summed E-state index contributed by atoms with van der Waals surface area (Å²) in [6.45, 7) is 0. The second kappa shape index (κ2) is 4.96. The van der Waals surface area contributed by atoms with Crippen LogP contribution in [0.2, 0.25) is 0 Å². The number of Topliss-reactive ketones (excluding diaryl/α,β-unsaturated/α-hetero) is 1. The Labute approximate surface area is 103 Å². The lowest BCUT2D eigenvalue weighted by Gasteiger charge is -2.03. The number of nitrogens with two attached hydrogens (primary N) is 1. The number of hydrogen-bond donors (Lipinski definition) is 1. The molecule has 2 nitrogen and oxygen atoms in total. The average Bonchev–Trinajstić information content (AvgIpc) is 2.27. The fraction of sp³-hybridized carbons (Fsp3) is 0.0714. The van der Waals surface area contributed by atoms with Crippen molar-refractivity contribution in [2.75, 3.05) is 5.73 Å². The molecule has 2 aromatic carbocycles. The molecule has 0 heterocycles. The lowest BCUT2D eigenvalue weighted by atomic mass is 10.0. The molecular formula is C14H11F2NO. The van der Waals surface area contributed by atoms with E-state index in [1.807, 2.05) is 0 Å². The molecule has 0 radical (unpaired) electrons. The van der Waals surface area contributed by atoms with Crippen molar-refractivity contribution in [3.8, 4) is 0 Å². The van der Waals surface area contributed by atoms with E-state index in [1.165, 1.54) is 0 Å². The summed E-state index contributed by atoms with van der Waals surface area (Å²) in [6, 6.07) is 9.62. The molecule has 2 aromatic rings. The highest BCUT2D eigenvalue weighted by atomic mass is 19.1. The molecule has 4 heteroatoms. The third-order valence-electron chi connectivity index (χ3n) is 2.50. The molecule has 0 bridgehead atoms. The van der Waals surface area contributed by atoms with Gasteiger partial charge in [-0.05, 0) is 29.8 Å². The van der Waals surface area contributed by atoms with Crippen LogP contribution >= 0.6 is 0 Å². The van der Waals surface area contributed by atoms with Gasteiger partial charge in [-0.1, -0.05) is 12.1 Å². The van der Waals surface area contributed by atoms with E-state index in [0.29, 0.717) is 11.3 Å². The van der Waals surface area contributed by atoms with E-state index in [9.17, 15) is 13.6 Å². The Balaban J connectivity index is 2.22. The van der Waals surface area contributed by atoms with Gasteiger partial charge in [0.1, 0.15) is 11.6 Å². The predicted molar refractivity (Wildman–Crippen MR) is 65.2 cm³/mol. The monoisotopic (exact) mass is 247 g/mol. The third kappa shape index (κ3) is 2.91. The van der Waals surface area contributed by atoms with Crippen LogP contribution in [0.25, 0.3) is 0 Å². The number of benzene rings is 2. The minimum absolute atomic E-state index is 0.0231. The summed E-state index contributed by atoms with van der Waals surface area (Å²) < 4.78 is 26.0. The Morgan fingerprint density at radius 3 is 2.33 bits per heavy atom. The number of anilines is 1. The lowest BCUT2D eigenvalue weighted by Crippen LogP contribution is -2.05. The summed E-state index contributed by atoms with van der Waals surface area (Å²) in [5.41, 5.74) is 6.87. The summed E-state index contributed by atoms with van der Waals surface area (Å²) >= 11 is 0. The van der Waals surface area contributed by atoms with Crippen LogP contribution in [0.1, 0.15) is 15.9 Å². The Bertz CT molecular complexity index is 576. The van der Waals surface area contributed by atoms with Gasteiger partial charge in [-0.2, -0.15) is 0 Å². The van der Waals surface area contributed by atoms with Gasteiger partial charge in [0.05, 0.1) is 0 Å². The van der Waals surface area contributed by atoms with Crippen LogP contribution in [-0.4, -0.2) is 5.78 Å². The molecule has 0 aliphatic rings. The first-order valence-corrected chi connectivity index (χ1v) is 5.38. The second-order valence-electron chi connectivity index (χ2n) is 4.00. The topological polar surface area (TPSA) is 43.1 Å². The van der Waals surface area contributed by atoms with Crippen molar-refractivity contribution in [2.45, 2.75) is 6.42 Å². The molecule has 0 aliphatic heterocycles. The van der Waals surface area contributed by atoms with Gasteiger partial charge in [0.25, 0.3) is 0 Å². The minimum atomic E-state index is -0.758. The first-order valence-electron chi connectivity index (χ1n) is 5.38. The molecule has 0 saturated heterocycles. The maximum absolute atomic E-state index is 13.0. The normalized spacial score (nSPS) is 10.3. The first kappa shape index (κ1) is 12.2. The fourth-order valence-electron chi connectivity index (χ4n) is 1.71. The molecule has 0 aliphatic carbocycles. The summed E-state index contributed by atoms with van der Waals surface area (Å²) in [7, 11) is 0. The van der Waals surface area contributed by atoms with Gasteiger partial charge in [-0.15, -0.1) is 0 Å². The van der Waals surface area contributed by atoms with Gasteiger partial charge < -0.3 is 5.73 Å². The van der Waals surface area contributed by atoms with E-state index in [2.05, 4.69) is 0 Å². The summed E-state index contributed by atoms with van der Waals surface area (Å²) in [5.74, 6) is -1.86. The highest BCUT2D eigenvalue weighted by molar-refractivity contribution is 5.97. The van der Waals surface area contributed by atoms with E-state index in [1.54, 1.807) is 24.3 Å². The van der Waals surface area contributed by atoms with Crippen molar-refractivity contribution in [1.82, 2.24) is 0 Å². The van der Waals surface area contributed by atoms with E-state index < -0.39 is 11.6 Å². The zero-order valence-corrected chi connectivity index (χ0v) is 9.49. The zero-order valence-electron chi connectivity index (χ0n) is 9.49. The Hall–Kier alpha value is -2.23. The van der Waals surface area contributed by atoms with Crippen LogP contribution in [0.4, 0.5) is 14.5 Å². The van der Waals surface area contributed by atoms with Crippen LogP contribution < -0.4 is 5.73 Å². The summed E-state index contributed by atoms with van der Waals surface area (Å²) in [4.78, 5) is 11.9. The van der Waals surface area contributed by atoms with Gasteiger partial charge in [-0.25, -0.2) is 8.78 Å². The number of ketones is 1. The van der Waals surface area contributed by atoms with Gasteiger partial charge in [0.15, 0.2) is 5.78 Å². The van der Waals surface area contributed by atoms with Crippen LogP contribution in [0.5, 0.6) is 0 Å². The lowest BCUT2D eigenvalue weighted by molar-refractivity contribution is 0.0992. The molecule has 0 unspecified atom stereocenters. The van der Waals surface area contributed by atoms with E-state index in [4.69, 9.17) is 5.73 Å². The summed E-state index contributed by atoms with van der Waals surface area (Å²) in [5, 5.41) is 0. The Kier molecular flexibility index (Phi) is 3.37. The van der Waals surface area contributed by atoms with E-state index >= 15 is 0 Å². The molecule has 0 saturated carbocycles. The Morgan fingerprint density at radius 2 is 1.72 bits per heavy atom. The van der Waals surface area contributed by atoms with Gasteiger partial charge in [0, 0.05) is 23.7 Å². The molecule has 0 amide bonds. The molecule has 2 N–H and O–H groups in total. The first-order chi connectivity index (χ1) is 8.54. The quantitative estimate of drug-likeness (QED) is 0.669. The largest absolute Gasteiger partial charge is 0.399 e. The molecule has 2 rings (SSSR count). The third-order valence-corrected chi connectivity index (χ3v) is 2.50. The number of hydrogen-bond acceptors (Lipinski definition) is 2. The van der Waals surface area contributed by atoms with Crippen molar-refractivity contribution >= 4 is 11.5 Å². The second-order valence-corrected chi connectivity index (χ2v) is 4.00. The number of rotatable bonds is 3. The fourth-order valence-corrected chi connectivity index (χ4v) is 1.71. The molecule has 0 aromatic heterocycles. The smallest absolute Gasteiger partial charge is 0.167 e. The molecule has 0 atom stereocenters. The number of halogens is 2. The van der Waals surface area contributed by atoms with E-state index in [0.717, 1.165) is 18.2 Å². The maximum atomic E-state index is 13.0. The molecule has 0 fully saturated rings. The maximum Gasteiger partial charge on any atom is 0.167 e. The van der Waals surface area contributed by atoms with Crippen LogP contribution in [0.3, 0.4) is 0 Å². The molecule has 92 valence electrons. The van der Waals surface area contributed by atoms with Crippen molar-refractivity contribution in [2.24, 2.45) is 0 Å². The van der Waals surface area contributed by atoms with E-state index in [-0.39, 0.29) is 17.8 Å². The summed E-state index contributed by atoms with van der Waals surface area (Å²) in [6.07, 6.45) is 0.0634. The standard InChI is InChI=1S/C14H11F2NO/c15-11-6-10(7-12(16)8-11)14(18)5-9-2-1-3-13(17)4-9/h1-4,6-8H,5,17H2. The highest BCUT2D eigenvalue weighted by Gasteiger charge is 2.10. The van der Waals surface area contributed by atoms with Crippen LogP contribution in [0, 0.1) is 11.6 Å². The van der Waals surface area contributed by atoms with Crippen molar-refractivity contribution in [3.05, 3.63) is 65.2 Å². The molecule has 0 spiro atoms. The van der Waals surface area contributed by atoms with Crippen molar-refractivity contribution in [3.63, 3.8) is 0 Å². The minimum Gasteiger partial charge on any atom is -0.399 e. The molecule has 18 heavy (non-hydrogen) atoms. The SMILES string of the molecule is Nc1cccc(CC(=O)c2cc(F)cc(F)c2)c1. The molecular weight excluding hydrogens is 236 g/mol. The number of nitrogen functional groups attached to an aromatic ring is 1. The predicted octanol–water partition coefficient (Wildman–Crippen LogP) is 2.97. The average molecular weight is 247 g/mol. The van der Waals surface area contributed by atoms with Gasteiger partial charge in [0.2, 0.25) is 0 Å². The highest BCUT2D eigenvalue weighted by Crippen LogP contribution is 2.13.